The van der Waals surface area contributed by atoms with Crippen molar-refractivity contribution in [3.8, 4) is 0 Å². The fourth-order valence-corrected chi connectivity index (χ4v) is 0.988. The topological polar surface area (TPSA) is 59.2 Å². The Balaban J connectivity index is 3.13. The summed E-state index contributed by atoms with van der Waals surface area (Å²) >= 11 is 5.67. The lowest BCUT2D eigenvalue weighted by Crippen LogP contribution is -2.34. The maximum absolute atomic E-state index is 11.3. The Bertz CT molecular complexity index is 343. The first-order valence-electron chi connectivity index (χ1n) is 3.46. The molecule has 4 nitrogen and oxygen atoms in total. The zero-order valence-electron chi connectivity index (χ0n) is 6.99. The fourth-order valence-electron chi connectivity index (χ4n) is 0.804. The number of carbonyl (C=O) groups is 1. The number of halogens is 1. The maximum atomic E-state index is 11.3. The number of nitrogens with zero attached hydrogens (tertiary/aromatic N) is 2. The van der Waals surface area contributed by atoms with Crippen LogP contribution in [-0.2, 0) is 0 Å². The molecule has 2 N–H and O–H groups in total. The summed E-state index contributed by atoms with van der Waals surface area (Å²) in [7, 11) is 6.85. The fraction of sp³-hybridized carbons (Fsp3) is 0.143. The Labute approximate surface area is 82.1 Å². The van der Waals surface area contributed by atoms with Crippen LogP contribution in [0.1, 0.15) is 10.4 Å². The van der Waals surface area contributed by atoms with Crippen molar-refractivity contribution in [1.82, 2.24) is 9.99 Å². The monoisotopic (exact) mass is 195 g/mol. The van der Waals surface area contributed by atoms with Crippen molar-refractivity contribution in [2.24, 2.45) is 5.84 Å². The second kappa shape index (κ2) is 3.76. The number of pyridine rings is 1. The average molecular weight is 195 g/mol. The predicted octanol–water partition coefficient (Wildman–Crippen LogP) is -0.526. The highest BCUT2D eigenvalue weighted by molar-refractivity contribution is 6.35. The molecule has 0 saturated carbocycles. The van der Waals surface area contributed by atoms with Gasteiger partial charge in [-0.15, -0.1) is 0 Å². The molecule has 0 saturated heterocycles. The summed E-state index contributed by atoms with van der Waals surface area (Å²) < 4.78 is 0. The summed E-state index contributed by atoms with van der Waals surface area (Å²) in [6.07, 6.45) is 1.37. The molecule has 0 fully saturated rings. The highest BCUT2D eigenvalue weighted by atomic mass is 35.5. The molecule has 1 aromatic heterocycles. The Morgan fingerprint density at radius 3 is 2.92 bits per heavy atom. The van der Waals surface area contributed by atoms with Gasteiger partial charge in [0.1, 0.15) is 13.0 Å². The normalized spacial score (nSPS) is 9.77. The van der Waals surface area contributed by atoms with Crippen LogP contribution < -0.4 is 11.3 Å². The van der Waals surface area contributed by atoms with Gasteiger partial charge in [-0.2, -0.15) is 0 Å². The van der Waals surface area contributed by atoms with Crippen LogP contribution >= 0.6 is 11.6 Å². The minimum Gasteiger partial charge on any atom is -0.280 e. The van der Waals surface area contributed by atoms with Crippen LogP contribution in [0.25, 0.3) is 0 Å². The van der Waals surface area contributed by atoms with Gasteiger partial charge in [-0.25, -0.2) is 10.8 Å². The van der Waals surface area contributed by atoms with Crippen LogP contribution in [-0.4, -0.2) is 30.8 Å². The Kier molecular flexibility index (Phi) is 2.90. The van der Waals surface area contributed by atoms with Crippen molar-refractivity contribution >= 4 is 30.8 Å². The summed E-state index contributed by atoms with van der Waals surface area (Å²) in [5.74, 6) is 4.82. The lowest BCUT2D eigenvalue weighted by molar-refractivity contribution is 0.0795. The minimum atomic E-state index is -0.426. The number of aromatic nitrogens is 1. The summed E-state index contributed by atoms with van der Waals surface area (Å²) in [6, 6.07) is 1.43. The van der Waals surface area contributed by atoms with Gasteiger partial charge in [0.05, 0.1) is 5.56 Å². The molecule has 0 spiro atoms. The van der Waals surface area contributed by atoms with E-state index in [1.165, 1.54) is 19.3 Å². The van der Waals surface area contributed by atoms with Gasteiger partial charge in [-0.05, 0) is 0 Å². The number of hydrogen-bond acceptors (Lipinski definition) is 3. The van der Waals surface area contributed by atoms with Crippen LogP contribution in [0.3, 0.4) is 0 Å². The molecule has 0 aliphatic heterocycles. The maximum Gasteiger partial charge on any atom is 0.270 e. The Morgan fingerprint density at radius 1 is 1.77 bits per heavy atom. The van der Waals surface area contributed by atoms with E-state index in [1.807, 2.05) is 0 Å². The van der Waals surface area contributed by atoms with Crippen molar-refractivity contribution in [3.63, 3.8) is 0 Å². The molecule has 0 aliphatic rings. The van der Waals surface area contributed by atoms with Gasteiger partial charge in [-0.1, -0.05) is 23.1 Å². The molecule has 6 heteroatoms. The van der Waals surface area contributed by atoms with Crippen molar-refractivity contribution in [2.75, 3.05) is 7.05 Å². The van der Waals surface area contributed by atoms with Crippen molar-refractivity contribution < 1.29 is 4.79 Å². The molecule has 1 aromatic rings. The molecule has 66 valence electrons. The second-order valence-corrected chi connectivity index (χ2v) is 2.88. The zero-order valence-corrected chi connectivity index (χ0v) is 7.75. The number of carbonyl (C=O) groups excluding carboxylic acids is 1. The molecule has 2 radical (unpaired) electrons. The highest BCUT2D eigenvalue weighted by Crippen LogP contribution is 2.11. The summed E-state index contributed by atoms with van der Waals surface area (Å²) in [5, 5.41) is 1.01. The number of hydrogen-bond donors (Lipinski definition) is 1. The van der Waals surface area contributed by atoms with Crippen LogP contribution in [0.4, 0.5) is 0 Å². The van der Waals surface area contributed by atoms with Crippen LogP contribution in [0.15, 0.2) is 12.3 Å². The molecule has 0 bridgehead atoms. The Morgan fingerprint density at radius 2 is 2.38 bits per heavy atom. The van der Waals surface area contributed by atoms with Gasteiger partial charge in [-0.3, -0.25) is 9.80 Å². The Hall–Kier alpha value is -1.07. The molecule has 0 unspecified atom stereocenters. The summed E-state index contributed by atoms with van der Waals surface area (Å²) in [6.45, 7) is 0. The summed E-state index contributed by atoms with van der Waals surface area (Å²) in [4.78, 5) is 15.1. The van der Waals surface area contributed by atoms with E-state index >= 15 is 0 Å². The van der Waals surface area contributed by atoms with Gasteiger partial charge in [0, 0.05) is 13.2 Å². The third-order valence-corrected chi connectivity index (χ3v) is 1.71. The molecule has 0 aromatic carbocycles. The molecular formula is C7H7BClN3O. The first kappa shape index (κ1) is 10.0. The van der Waals surface area contributed by atoms with E-state index in [0.717, 1.165) is 5.01 Å². The van der Waals surface area contributed by atoms with E-state index in [0.29, 0.717) is 5.46 Å². The molecule has 1 heterocycles. The number of hydrazine groups is 1. The molecular weight excluding hydrogens is 188 g/mol. The van der Waals surface area contributed by atoms with Crippen molar-refractivity contribution in [1.29, 1.82) is 0 Å². The van der Waals surface area contributed by atoms with E-state index in [4.69, 9.17) is 25.3 Å². The van der Waals surface area contributed by atoms with E-state index in [-0.39, 0.29) is 10.7 Å². The number of amides is 1. The van der Waals surface area contributed by atoms with E-state index in [2.05, 4.69) is 4.98 Å². The standard InChI is InChI=1S/C7H7BClN3O/c1-12(10)7(13)5-2-4(8)3-11-6(5)9/h2-3H,10H2,1H3. The zero-order chi connectivity index (χ0) is 10.0. The predicted molar refractivity (Wildman–Crippen MR) is 50.9 cm³/mol. The van der Waals surface area contributed by atoms with Crippen LogP contribution in [0.2, 0.25) is 5.15 Å². The van der Waals surface area contributed by atoms with Gasteiger partial charge in [0.2, 0.25) is 0 Å². The van der Waals surface area contributed by atoms with E-state index in [9.17, 15) is 4.79 Å². The minimum absolute atomic E-state index is 0.0940. The SMILES string of the molecule is [B]c1cnc(Cl)c(C(=O)N(C)N)c1. The smallest absolute Gasteiger partial charge is 0.270 e. The molecule has 13 heavy (non-hydrogen) atoms. The first-order valence-corrected chi connectivity index (χ1v) is 3.84. The van der Waals surface area contributed by atoms with Crippen molar-refractivity contribution in [3.05, 3.63) is 23.0 Å². The lowest BCUT2D eigenvalue weighted by Gasteiger charge is -2.10. The largest absolute Gasteiger partial charge is 0.280 e. The molecule has 1 rings (SSSR count). The van der Waals surface area contributed by atoms with E-state index in [1.54, 1.807) is 0 Å². The van der Waals surface area contributed by atoms with Crippen LogP contribution in [0.5, 0.6) is 0 Å². The molecule has 1 amide bonds. The van der Waals surface area contributed by atoms with Gasteiger partial charge >= 0.3 is 0 Å². The molecule has 0 atom stereocenters. The molecule has 0 aliphatic carbocycles. The summed E-state index contributed by atoms with van der Waals surface area (Å²) in [5.41, 5.74) is 0.571. The van der Waals surface area contributed by atoms with Gasteiger partial charge in [0.15, 0.2) is 0 Å². The van der Waals surface area contributed by atoms with Gasteiger partial charge < -0.3 is 0 Å². The average Bonchev–Trinajstić information content (AvgIpc) is 2.08. The third kappa shape index (κ3) is 2.20. The van der Waals surface area contributed by atoms with Crippen LogP contribution in [0, 0.1) is 0 Å². The number of rotatable bonds is 1. The first-order chi connectivity index (χ1) is 6.02. The quantitative estimate of drug-likeness (QED) is 0.216. The second-order valence-electron chi connectivity index (χ2n) is 2.52. The van der Waals surface area contributed by atoms with E-state index < -0.39 is 5.91 Å². The van der Waals surface area contributed by atoms with Gasteiger partial charge in [0.25, 0.3) is 5.91 Å². The lowest BCUT2D eigenvalue weighted by atomic mass is 9.97. The van der Waals surface area contributed by atoms with Crippen molar-refractivity contribution in [2.45, 2.75) is 0 Å². The number of nitrogens with two attached hydrogens (primary N) is 1. The highest BCUT2D eigenvalue weighted by Gasteiger charge is 2.13. The third-order valence-electron chi connectivity index (χ3n) is 1.41.